The first kappa shape index (κ1) is 16.4. The fraction of sp³-hybridized carbons (Fsp3) is 0.300. The normalized spacial score (nSPS) is 23.2. The monoisotopic (exact) mass is 352 g/mol. The van der Waals surface area contributed by atoms with Crippen molar-refractivity contribution in [2.75, 3.05) is 29.4 Å². The summed E-state index contributed by atoms with van der Waals surface area (Å²) in [6, 6.07) is 16.6. The van der Waals surface area contributed by atoms with Crippen LogP contribution in [-0.2, 0) is 14.3 Å². The Balaban J connectivity index is 1.66. The van der Waals surface area contributed by atoms with Crippen LogP contribution < -0.4 is 9.80 Å². The van der Waals surface area contributed by atoms with Gasteiger partial charge in [0.05, 0.1) is 6.04 Å². The average Bonchev–Trinajstić information content (AvgIpc) is 3.00. The molecule has 6 nitrogen and oxygen atoms in total. The van der Waals surface area contributed by atoms with Gasteiger partial charge in [0, 0.05) is 37.1 Å². The van der Waals surface area contributed by atoms with E-state index in [4.69, 9.17) is 4.74 Å². The molecule has 2 unspecified atom stereocenters. The van der Waals surface area contributed by atoms with E-state index in [2.05, 4.69) is 9.80 Å². The van der Waals surface area contributed by atoms with Crippen LogP contribution in [-0.4, -0.2) is 48.6 Å². The van der Waals surface area contributed by atoms with Gasteiger partial charge in [-0.05, 0) is 24.3 Å². The number of benzene rings is 2. The summed E-state index contributed by atoms with van der Waals surface area (Å²) in [5, 5.41) is 9.83. The van der Waals surface area contributed by atoms with Crippen molar-refractivity contribution in [3.05, 3.63) is 54.6 Å². The third-order valence-electron chi connectivity index (χ3n) is 4.95. The Labute approximate surface area is 151 Å². The molecule has 6 heteroatoms. The Hall–Kier alpha value is -3.02. The number of phenols is 1. The summed E-state index contributed by atoms with van der Waals surface area (Å²) in [5.41, 5.74) is 1.89. The van der Waals surface area contributed by atoms with Crippen molar-refractivity contribution in [1.29, 1.82) is 0 Å². The molecule has 2 fully saturated rings. The molecule has 2 saturated heterocycles. The predicted molar refractivity (Wildman–Crippen MR) is 97.4 cm³/mol. The first-order valence-corrected chi connectivity index (χ1v) is 8.70. The van der Waals surface area contributed by atoms with Crippen LogP contribution in [0, 0.1) is 0 Å². The molecule has 0 aromatic heterocycles. The molecule has 0 amide bonds. The number of carbonyl (C=O) groups is 2. The summed E-state index contributed by atoms with van der Waals surface area (Å²) in [7, 11) is 0. The number of nitrogens with zero attached hydrogens (tertiary/aromatic N) is 2. The van der Waals surface area contributed by atoms with E-state index in [1.54, 1.807) is 18.2 Å². The number of phenolic OH excluding ortho intramolecular Hbond substituents is 1. The largest absolute Gasteiger partial charge is 0.508 e. The van der Waals surface area contributed by atoms with E-state index in [1.165, 1.54) is 0 Å². The van der Waals surface area contributed by atoms with E-state index in [-0.39, 0.29) is 24.0 Å². The molecule has 0 aliphatic carbocycles. The van der Waals surface area contributed by atoms with Gasteiger partial charge in [-0.25, -0.2) is 0 Å². The minimum atomic E-state index is -0.781. The van der Waals surface area contributed by atoms with E-state index in [1.807, 2.05) is 36.4 Å². The van der Waals surface area contributed by atoms with Crippen LogP contribution in [0.3, 0.4) is 0 Å². The van der Waals surface area contributed by atoms with Gasteiger partial charge in [0.1, 0.15) is 12.2 Å². The van der Waals surface area contributed by atoms with Gasteiger partial charge in [0.15, 0.2) is 11.9 Å². The van der Waals surface area contributed by atoms with Gasteiger partial charge in [0.2, 0.25) is 0 Å². The number of para-hydroxylation sites is 1. The lowest BCUT2D eigenvalue weighted by molar-refractivity contribution is -0.143. The van der Waals surface area contributed by atoms with Crippen LogP contribution in [0.15, 0.2) is 54.6 Å². The van der Waals surface area contributed by atoms with Crippen LogP contribution >= 0.6 is 0 Å². The van der Waals surface area contributed by atoms with Crippen molar-refractivity contribution < 1.29 is 19.4 Å². The molecular formula is C20H20N2O4. The molecule has 2 heterocycles. The highest BCUT2D eigenvalue weighted by Gasteiger charge is 2.44. The molecule has 134 valence electrons. The lowest BCUT2D eigenvalue weighted by Crippen LogP contribution is -2.59. The molecule has 2 aliphatic heterocycles. The second-order valence-electron chi connectivity index (χ2n) is 6.62. The maximum atomic E-state index is 12.3. The Morgan fingerprint density at radius 2 is 1.73 bits per heavy atom. The number of carbonyl (C=O) groups excluding carboxylic acids is 2. The van der Waals surface area contributed by atoms with Crippen LogP contribution in [0.5, 0.6) is 5.75 Å². The van der Waals surface area contributed by atoms with E-state index < -0.39 is 12.1 Å². The molecule has 0 radical (unpaired) electrons. The Morgan fingerprint density at radius 3 is 2.42 bits per heavy atom. The fourth-order valence-electron chi connectivity index (χ4n) is 3.72. The standard InChI is InChI=1S/C20H20N2O4/c23-16-8-4-7-15(11-16)22-10-9-21(14-5-2-1-3-6-14)13-17(22)20-18(24)12-19(25)26-20/h1-8,11,17,20,23H,9-10,12-13H2. The maximum absolute atomic E-state index is 12.3. The molecule has 0 saturated carbocycles. The second-order valence-corrected chi connectivity index (χ2v) is 6.62. The Morgan fingerprint density at radius 1 is 0.962 bits per heavy atom. The number of ether oxygens (including phenoxy) is 1. The minimum absolute atomic E-state index is 0.166. The highest BCUT2D eigenvalue weighted by atomic mass is 16.6. The van der Waals surface area contributed by atoms with Crippen molar-refractivity contribution in [2.45, 2.75) is 18.6 Å². The third kappa shape index (κ3) is 3.10. The summed E-state index contributed by atoms with van der Waals surface area (Å²) in [5.74, 6) is -0.478. The lowest BCUT2D eigenvalue weighted by Gasteiger charge is -2.45. The molecule has 2 aromatic carbocycles. The van der Waals surface area contributed by atoms with E-state index in [0.29, 0.717) is 13.1 Å². The average molecular weight is 352 g/mol. The topological polar surface area (TPSA) is 70.1 Å². The van der Waals surface area contributed by atoms with Gasteiger partial charge in [-0.2, -0.15) is 0 Å². The number of aromatic hydroxyl groups is 1. The summed E-state index contributed by atoms with van der Waals surface area (Å²) in [6.45, 7) is 1.98. The number of Topliss-reactive ketones (excluding diaryl/α,β-unsaturated/α-hetero) is 1. The quantitative estimate of drug-likeness (QED) is 0.673. The number of hydrogen-bond donors (Lipinski definition) is 1. The van der Waals surface area contributed by atoms with E-state index in [9.17, 15) is 14.7 Å². The molecule has 4 rings (SSSR count). The lowest BCUT2D eigenvalue weighted by atomic mass is 10.0. The van der Waals surface area contributed by atoms with Crippen LogP contribution in [0.1, 0.15) is 6.42 Å². The summed E-state index contributed by atoms with van der Waals surface area (Å²) in [4.78, 5) is 28.2. The van der Waals surface area contributed by atoms with Crippen molar-refractivity contribution in [3.8, 4) is 5.75 Å². The zero-order valence-corrected chi connectivity index (χ0v) is 14.2. The minimum Gasteiger partial charge on any atom is -0.508 e. The smallest absolute Gasteiger partial charge is 0.314 e. The van der Waals surface area contributed by atoms with E-state index in [0.717, 1.165) is 17.9 Å². The summed E-state index contributed by atoms with van der Waals surface area (Å²) in [6.07, 6.45) is -0.947. The molecule has 26 heavy (non-hydrogen) atoms. The number of ketones is 1. The maximum Gasteiger partial charge on any atom is 0.314 e. The number of anilines is 2. The number of cyclic esters (lactones) is 1. The summed E-state index contributed by atoms with van der Waals surface area (Å²) < 4.78 is 5.36. The SMILES string of the molecule is O=C1CC(=O)C(C2CN(c3ccccc3)CCN2c2cccc(O)c2)O1. The van der Waals surface area contributed by atoms with Gasteiger partial charge in [-0.15, -0.1) is 0 Å². The first-order valence-electron chi connectivity index (χ1n) is 8.70. The van der Waals surface area contributed by atoms with Gasteiger partial charge < -0.3 is 19.6 Å². The van der Waals surface area contributed by atoms with Crippen LogP contribution in [0.4, 0.5) is 11.4 Å². The Bertz CT molecular complexity index is 824. The number of rotatable bonds is 3. The highest BCUT2D eigenvalue weighted by Crippen LogP contribution is 2.30. The first-order chi connectivity index (χ1) is 12.6. The molecule has 1 N–H and O–H groups in total. The summed E-state index contributed by atoms with van der Waals surface area (Å²) >= 11 is 0. The molecule has 2 aliphatic rings. The zero-order chi connectivity index (χ0) is 18.1. The highest BCUT2D eigenvalue weighted by molar-refractivity contribution is 6.04. The molecule has 0 bridgehead atoms. The van der Waals surface area contributed by atoms with E-state index >= 15 is 0 Å². The van der Waals surface area contributed by atoms with Gasteiger partial charge >= 0.3 is 5.97 Å². The number of esters is 1. The molecule has 2 atom stereocenters. The second kappa shape index (κ2) is 6.71. The zero-order valence-electron chi connectivity index (χ0n) is 14.2. The van der Waals surface area contributed by atoms with Crippen LogP contribution in [0.2, 0.25) is 0 Å². The molecule has 0 spiro atoms. The van der Waals surface area contributed by atoms with Crippen molar-refractivity contribution >= 4 is 23.1 Å². The van der Waals surface area contributed by atoms with Gasteiger partial charge in [-0.1, -0.05) is 24.3 Å². The van der Waals surface area contributed by atoms with Crippen molar-refractivity contribution in [1.82, 2.24) is 0 Å². The fourth-order valence-corrected chi connectivity index (χ4v) is 3.72. The van der Waals surface area contributed by atoms with Gasteiger partial charge in [-0.3, -0.25) is 9.59 Å². The molecular weight excluding hydrogens is 332 g/mol. The number of piperazine rings is 1. The molecule has 2 aromatic rings. The third-order valence-corrected chi connectivity index (χ3v) is 4.95. The predicted octanol–water partition coefficient (Wildman–Crippen LogP) is 1.97. The van der Waals surface area contributed by atoms with Crippen molar-refractivity contribution in [3.63, 3.8) is 0 Å². The number of hydrogen-bond acceptors (Lipinski definition) is 6. The van der Waals surface area contributed by atoms with Crippen molar-refractivity contribution in [2.24, 2.45) is 0 Å². The van der Waals surface area contributed by atoms with Gasteiger partial charge in [0.25, 0.3) is 0 Å². The Kier molecular flexibility index (Phi) is 4.24. The van der Waals surface area contributed by atoms with Crippen LogP contribution in [0.25, 0.3) is 0 Å².